The van der Waals surface area contributed by atoms with E-state index in [9.17, 15) is 18.8 Å². The number of benzene rings is 2. The van der Waals surface area contributed by atoms with E-state index in [4.69, 9.17) is 16.3 Å². The van der Waals surface area contributed by atoms with Gasteiger partial charge in [0, 0.05) is 41.9 Å². The average molecular weight is 526 g/mol. The van der Waals surface area contributed by atoms with E-state index in [0.717, 1.165) is 12.0 Å². The highest BCUT2D eigenvalue weighted by atomic mass is 35.5. The van der Waals surface area contributed by atoms with Gasteiger partial charge in [-0.3, -0.25) is 19.4 Å². The highest BCUT2D eigenvalue weighted by molar-refractivity contribution is 6.30. The van der Waals surface area contributed by atoms with E-state index in [1.165, 1.54) is 24.4 Å². The number of pyridine rings is 1. The van der Waals surface area contributed by atoms with Crippen LogP contribution in [0.1, 0.15) is 54.7 Å². The Kier molecular flexibility index (Phi) is 10.1. The Bertz CT molecular complexity index is 1260. The van der Waals surface area contributed by atoms with Gasteiger partial charge in [0.1, 0.15) is 11.6 Å². The number of amides is 1. The molecule has 0 aliphatic rings. The normalized spacial score (nSPS) is 10.6. The van der Waals surface area contributed by atoms with Crippen molar-refractivity contribution < 1.29 is 23.5 Å². The summed E-state index contributed by atoms with van der Waals surface area (Å²) in [5.74, 6) is -1.28. The zero-order chi connectivity index (χ0) is 26.8. The van der Waals surface area contributed by atoms with E-state index >= 15 is 0 Å². The number of hydrogen-bond donors (Lipinski definition) is 2. The third-order valence-corrected chi connectivity index (χ3v) is 5.68. The van der Waals surface area contributed by atoms with Crippen molar-refractivity contribution in [1.82, 2.24) is 4.98 Å². The van der Waals surface area contributed by atoms with Gasteiger partial charge in [-0.15, -0.1) is 0 Å². The maximum atomic E-state index is 14.5. The Balaban J connectivity index is 1.79. The molecule has 0 unspecified atom stereocenters. The lowest BCUT2D eigenvalue weighted by Crippen LogP contribution is -2.16. The first kappa shape index (κ1) is 27.8. The molecule has 0 aliphatic carbocycles. The molecule has 3 aromatic rings. The monoisotopic (exact) mass is 525 g/mol. The van der Waals surface area contributed by atoms with Crippen LogP contribution in [0.5, 0.6) is 0 Å². The molecule has 0 fully saturated rings. The number of nitrogens with zero attached hydrogens (tertiary/aromatic N) is 1. The number of anilines is 3. The molecule has 3 rings (SSSR count). The van der Waals surface area contributed by atoms with Crippen LogP contribution in [-0.2, 0) is 27.2 Å². The molecular weight excluding hydrogens is 497 g/mol. The van der Waals surface area contributed by atoms with Crippen LogP contribution in [0.3, 0.4) is 0 Å². The van der Waals surface area contributed by atoms with E-state index in [2.05, 4.69) is 15.6 Å². The van der Waals surface area contributed by atoms with Crippen molar-refractivity contribution >= 4 is 46.3 Å². The zero-order valence-electron chi connectivity index (χ0n) is 20.8. The predicted molar refractivity (Wildman–Crippen MR) is 142 cm³/mol. The lowest BCUT2D eigenvalue weighted by Gasteiger charge is -2.14. The van der Waals surface area contributed by atoms with Crippen molar-refractivity contribution in [2.24, 2.45) is 0 Å². The molecule has 0 atom stereocenters. The van der Waals surface area contributed by atoms with Crippen molar-refractivity contribution in [2.45, 2.75) is 46.0 Å². The highest BCUT2D eigenvalue weighted by Gasteiger charge is 2.17. The molecule has 0 saturated carbocycles. The second kappa shape index (κ2) is 13.5. The summed E-state index contributed by atoms with van der Waals surface area (Å²) in [6.45, 7) is 4.02. The number of carbonyl (C=O) groups excluding carboxylic acids is 3. The second-order valence-corrected chi connectivity index (χ2v) is 8.83. The minimum atomic E-state index is -0.585. The Morgan fingerprint density at radius 2 is 1.76 bits per heavy atom. The summed E-state index contributed by atoms with van der Waals surface area (Å²) in [6.07, 6.45) is 3.43. The van der Waals surface area contributed by atoms with Gasteiger partial charge in [0.15, 0.2) is 0 Å². The van der Waals surface area contributed by atoms with Gasteiger partial charge in [0.25, 0.3) is 5.91 Å². The number of aromatic nitrogens is 1. The second-order valence-electron chi connectivity index (χ2n) is 8.39. The fourth-order valence-electron chi connectivity index (χ4n) is 3.62. The minimum Gasteiger partial charge on any atom is -0.466 e. The number of rotatable bonds is 12. The predicted octanol–water partition coefficient (Wildman–Crippen LogP) is 6.28. The number of halogens is 2. The molecule has 0 radical (unpaired) electrons. The summed E-state index contributed by atoms with van der Waals surface area (Å²) in [4.78, 5) is 41.1. The lowest BCUT2D eigenvalue weighted by atomic mass is 10.1. The van der Waals surface area contributed by atoms with Gasteiger partial charge >= 0.3 is 5.97 Å². The number of aryl methyl sites for hydroxylation is 1. The molecule has 1 aromatic heterocycles. The van der Waals surface area contributed by atoms with Crippen molar-refractivity contribution in [2.75, 3.05) is 17.2 Å². The Morgan fingerprint density at radius 3 is 2.43 bits per heavy atom. The van der Waals surface area contributed by atoms with E-state index in [-0.39, 0.29) is 40.9 Å². The molecule has 37 heavy (non-hydrogen) atoms. The molecule has 9 heteroatoms. The number of hydrogen-bond acceptors (Lipinski definition) is 6. The molecule has 2 N–H and O–H groups in total. The van der Waals surface area contributed by atoms with Gasteiger partial charge in [0.2, 0.25) is 0 Å². The van der Waals surface area contributed by atoms with E-state index in [1.54, 1.807) is 25.1 Å². The summed E-state index contributed by atoms with van der Waals surface area (Å²) in [5.41, 5.74) is 2.54. The minimum absolute atomic E-state index is 0.0267. The maximum Gasteiger partial charge on any atom is 0.306 e. The molecule has 0 aliphatic heterocycles. The van der Waals surface area contributed by atoms with Crippen LogP contribution in [0.25, 0.3) is 0 Å². The quantitative estimate of drug-likeness (QED) is 0.270. The SMILES string of the molecule is CCCC(=O)Cc1cc(Nc2ccc(Cl)cc2F)c(C(=O)Nc2ccc(CCC(=O)OCC)cc2)cn1. The molecule has 0 spiro atoms. The lowest BCUT2D eigenvalue weighted by molar-refractivity contribution is -0.143. The van der Waals surface area contributed by atoms with Crippen molar-refractivity contribution in [1.29, 1.82) is 0 Å². The number of ketones is 1. The molecule has 2 aromatic carbocycles. The molecule has 0 bridgehead atoms. The van der Waals surface area contributed by atoms with Crippen LogP contribution in [-0.4, -0.2) is 29.3 Å². The molecular formula is C28H29ClFN3O4. The molecule has 1 amide bonds. The first-order chi connectivity index (χ1) is 17.8. The van der Waals surface area contributed by atoms with Gasteiger partial charge in [-0.1, -0.05) is 30.7 Å². The molecule has 1 heterocycles. The summed E-state index contributed by atoms with van der Waals surface area (Å²) in [7, 11) is 0. The zero-order valence-corrected chi connectivity index (χ0v) is 21.5. The standard InChI is InChI=1S/C28H29ClFN3O4/c1-3-5-22(34)15-21-16-26(33-25-12-9-19(29)14-24(25)30)23(17-31-21)28(36)32-20-10-6-18(7-11-20)8-13-27(35)37-4-2/h6-7,9-12,14,16-17H,3-5,8,13,15H2,1-2H3,(H,31,33)(H,32,36). The number of Topliss-reactive ketones (excluding diaryl/α,β-unsaturated/α-hetero) is 1. The summed E-state index contributed by atoms with van der Waals surface area (Å²) < 4.78 is 19.4. The Labute approximate surface area is 220 Å². The summed E-state index contributed by atoms with van der Waals surface area (Å²) >= 11 is 5.86. The molecule has 0 saturated heterocycles. The van der Waals surface area contributed by atoms with Crippen molar-refractivity contribution in [3.05, 3.63) is 82.4 Å². The molecule has 194 valence electrons. The van der Waals surface area contributed by atoms with Gasteiger partial charge in [-0.25, -0.2) is 4.39 Å². The van der Waals surface area contributed by atoms with Crippen LogP contribution in [0.15, 0.2) is 54.7 Å². The van der Waals surface area contributed by atoms with Crippen molar-refractivity contribution in [3.63, 3.8) is 0 Å². The largest absolute Gasteiger partial charge is 0.466 e. The van der Waals surface area contributed by atoms with Crippen LogP contribution >= 0.6 is 11.6 Å². The summed E-state index contributed by atoms with van der Waals surface area (Å²) in [6, 6.07) is 12.8. The number of carbonyl (C=O) groups is 3. The first-order valence-corrected chi connectivity index (χ1v) is 12.5. The third-order valence-electron chi connectivity index (χ3n) is 5.45. The Morgan fingerprint density at radius 1 is 1.00 bits per heavy atom. The van der Waals surface area contributed by atoms with E-state index in [1.807, 2.05) is 19.1 Å². The van der Waals surface area contributed by atoms with Crippen LogP contribution in [0.4, 0.5) is 21.5 Å². The van der Waals surface area contributed by atoms with Gasteiger partial charge in [-0.2, -0.15) is 0 Å². The van der Waals surface area contributed by atoms with Crippen LogP contribution < -0.4 is 10.6 Å². The Hall–Kier alpha value is -3.78. The summed E-state index contributed by atoms with van der Waals surface area (Å²) in [5, 5.41) is 5.99. The molecule has 7 nitrogen and oxygen atoms in total. The van der Waals surface area contributed by atoms with E-state index < -0.39 is 11.7 Å². The van der Waals surface area contributed by atoms with Crippen LogP contribution in [0.2, 0.25) is 5.02 Å². The third kappa shape index (κ3) is 8.39. The van der Waals surface area contributed by atoms with Gasteiger partial charge < -0.3 is 15.4 Å². The fourth-order valence-corrected chi connectivity index (χ4v) is 3.78. The van der Waals surface area contributed by atoms with Gasteiger partial charge in [0.05, 0.1) is 23.5 Å². The number of esters is 1. The number of ether oxygens (including phenoxy) is 1. The van der Waals surface area contributed by atoms with E-state index in [0.29, 0.717) is 36.5 Å². The van der Waals surface area contributed by atoms with Crippen molar-refractivity contribution in [3.8, 4) is 0 Å². The maximum absolute atomic E-state index is 14.5. The topological polar surface area (TPSA) is 97.4 Å². The average Bonchev–Trinajstić information content (AvgIpc) is 2.86. The first-order valence-electron chi connectivity index (χ1n) is 12.1. The fraction of sp³-hybridized carbons (Fsp3) is 0.286. The number of nitrogens with one attached hydrogen (secondary N) is 2. The highest BCUT2D eigenvalue weighted by Crippen LogP contribution is 2.27. The van der Waals surface area contributed by atoms with Gasteiger partial charge in [-0.05, 0) is 61.7 Å². The smallest absolute Gasteiger partial charge is 0.306 e. The van der Waals surface area contributed by atoms with Crippen LogP contribution in [0, 0.1) is 5.82 Å².